The molecular weight excluding hydrogens is 480 g/mol. The van der Waals surface area contributed by atoms with Crippen LogP contribution >= 0.6 is 0 Å². The third kappa shape index (κ3) is 5.56. The maximum Gasteiger partial charge on any atom is 0.330 e. The summed E-state index contributed by atoms with van der Waals surface area (Å²) < 4.78 is 5.19. The van der Waals surface area contributed by atoms with Gasteiger partial charge in [-0.25, -0.2) is 9.69 Å². The number of imide groups is 2. The molecule has 0 spiro atoms. The van der Waals surface area contributed by atoms with E-state index in [9.17, 15) is 28.8 Å². The van der Waals surface area contributed by atoms with Crippen molar-refractivity contribution in [2.24, 2.45) is 5.92 Å². The lowest BCUT2D eigenvalue weighted by Crippen LogP contribution is -2.57. The average Bonchev–Trinajstić information content (AvgIpc) is 3.11. The maximum atomic E-state index is 13.1. The van der Waals surface area contributed by atoms with Crippen molar-refractivity contribution in [2.75, 3.05) is 19.8 Å². The fourth-order valence-electron chi connectivity index (χ4n) is 4.81. The lowest BCUT2D eigenvalue weighted by Gasteiger charge is -2.34. The first-order chi connectivity index (χ1) is 17.5. The summed E-state index contributed by atoms with van der Waals surface area (Å²) in [5.74, 6) is -3.71. The Bertz CT molecular complexity index is 1060. The highest BCUT2D eigenvalue weighted by atomic mass is 16.5. The molecule has 3 rings (SSSR count). The molecule has 1 fully saturated rings. The Morgan fingerprint density at radius 2 is 1.59 bits per heavy atom. The van der Waals surface area contributed by atoms with Crippen molar-refractivity contribution >= 4 is 35.5 Å². The van der Waals surface area contributed by atoms with Crippen molar-refractivity contribution in [3.8, 4) is 0 Å². The van der Waals surface area contributed by atoms with E-state index in [0.29, 0.717) is 13.1 Å². The number of hydrogen-bond acceptors (Lipinski definition) is 8. The number of nitrogens with zero attached hydrogens (tertiary/aromatic N) is 3. The van der Waals surface area contributed by atoms with Gasteiger partial charge in [0.1, 0.15) is 12.1 Å². The number of nitrogens with one attached hydrogen (secondary N) is 1. The summed E-state index contributed by atoms with van der Waals surface area (Å²) in [5, 5.41) is 2.65. The molecule has 1 N–H and O–H groups in total. The summed E-state index contributed by atoms with van der Waals surface area (Å²) >= 11 is 0. The van der Waals surface area contributed by atoms with Gasteiger partial charge in [0.15, 0.2) is 6.73 Å². The highest BCUT2D eigenvalue weighted by Gasteiger charge is 2.47. The van der Waals surface area contributed by atoms with Crippen LogP contribution in [0.3, 0.4) is 0 Å². The van der Waals surface area contributed by atoms with Gasteiger partial charge in [-0.1, -0.05) is 39.8 Å². The van der Waals surface area contributed by atoms with E-state index < -0.39 is 54.5 Å². The molecule has 200 valence electrons. The van der Waals surface area contributed by atoms with E-state index in [4.69, 9.17) is 4.74 Å². The number of hydrogen-bond donors (Lipinski definition) is 1. The molecule has 11 heteroatoms. The summed E-state index contributed by atoms with van der Waals surface area (Å²) in [6.45, 7) is 9.85. The summed E-state index contributed by atoms with van der Waals surface area (Å²) in [6.07, 6.45) is -0.115. The molecule has 2 aliphatic heterocycles. The molecule has 0 aromatic heterocycles. The van der Waals surface area contributed by atoms with Crippen LogP contribution < -0.4 is 5.32 Å². The van der Waals surface area contributed by atoms with E-state index in [1.807, 2.05) is 32.6 Å². The molecule has 2 heterocycles. The second-order valence-corrected chi connectivity index (χ2v) is 9.47. The zero-order valence-electron chi connectivity index (χ0n) is 21.9. The van der Waals surface area contributed by atoms with Gasteiger partial charge >= 0.3 is 5.97 Å². The van der Waals surface area contributed by atoms with Crippen LogP contribution in [0.2, 0.25) is 0 Å². The summed E-state index contributed by atoms with van der Waals surface area (Å²) in [4.78, 5) is 80.3. The predicted molar refractivity (Wildman–Crippen MR) is 132 cm³/mol. The molecule has 1 saturated heterocycles. The number of carbonyl (C=O) groups excluding carboxylic acids is 6. The lowest BCUT2D eigenvalue weighted by molar-refractivity contribution is -0.165. The second-order valence-electron chi connectivity index (χ2n) is 9.47. The van der Waals surface area contributed by atoms with Crippen molar-refractivity contribution in [1.29, 1.82) is 0 Å². The Balaban J connectivity index is 1.64. The summed E-state index contributed by atoms with van der Waals surface area (Å²) in [5.41, 5.74) is 0.397. The molecule has 0 radical (unpaired) electrons. The Labute approximate surface area is 216 Å². The third-order valence-corrected chi connectivity index (χ3v) is 6.78. The molecule has 3 atom stereocenters. The number of benzene rings is 1. The number of rotatable bonds is 10. The molecule has 0 aliphatic carbocycles. The van der Waals surface area contributed by atoms with Crippen molar-refractivity contribution in [2.45, 2.75) is 65.6 Å². The van der Waals surface area contributed by atoms with E-state index in [1.54, 1.807) is 12.1 Å². The first-order valence-electron chi connectivity index (χ1n) is 12.6. The number of ether oxygens (including phenoxy) is 1. The predicted octanol–water partition coefficient (Wildman–Crippen LogP) is 1.17. The monoisotopic (exact) mass is 514 g/mol. The smallest absolute Gasteiger partial charge is 0.330 e. The van der Waals surface area contributed by atoms with Crippen LogP contribution in [0.25, 0.3) is 0 Å². The molecule has 2 aliphatic rings. The maximum absolute atomic E-state index is 13.1. The van der Waals surface area contributed by atoms with E-state index in [1.165, 1.54) is 19.1 Å². The lowest BCUT2D eigenvalue weighted by atomic mass is 10.0. The van der Waals surface area contributed by atoms with Crippen LogP contribution in [0.1, 0.15) is 68.2 Å². The van der Waals surface area contributed by atoms with Gasteiger partial charge in [-0.15, -0.1) is 0 Å². The highest BCUT2D eigenvalue weighted by Crippen LogP contribution is 2.29. The number of likely N-dealkylation sites (tertiary alicyclic amines) is 1. The Kier molecular flexibility index (Phi) is 8.80. The largest absolute Gasteiger partial charge is 0.442 e. The van der Waals surface area contributed by atoms with Crippen molar-refractivity contribution in [3.05, 3.63) is 35.4 Å². The second kappa shape index (κ2) is 11.6. The average molecular weight is 515 g/mol. The minimum Gasteiger partial charge on any atom is -0.442 e. The van der Waals surface area contributed by atoms with Crippen LogP contribution in [0.5, 0.6) is 0 Å². The van der Waals surface area contributed by atoms with Crippen LogP contribution in [0.15, 0.2) is 24.3 Å². The van der Waals surface area contributed by atoms with Gasteiger partial charge in [0.25, 0.3) is 17.7 Å². The van der Waals surface area contributed by atoms with E-state index in [0.717, 1.165) is 9.80 Å². The van der Waals surface area contributed by atoms with Crippen LogP contribution in [-0.4, -0.2) is 88.2 Å². The highest BCUT2D eigenvalue weighted by molar-refractivity contribution is 6.23. The fraction of sp³-hybridized carbons (Fsp3) is 0.538. The number of amides is 5. The number of fused-ring (bicyclic) bond motifs is 1. The van der Waals surface area contributed by atoms with Gasteiger partial charge in [-0.2, -0.15) is 0 Å². The summed E-state index contributed by atoms with van der Waals surface area (Å²) in [7, 11) is 0. The molecule has 11 nitrogen and oxygen atoms in total. The van der Waals surface area contributed by atoms with E-state index in [-0.39, 0.29) is 35.8 Å². The van der Waals surface area contributed by atoms with Gasteiger partial charge < -0.3 is 10.1 Å². The topological polar surface area (TPSA) is 133 Å². The Morgan fingerprint density at radius 1 is 1.03 bits per heavy atom. The van der Waals surface area contributed by atoms with Crippen molar-refractivity contribution in [3.63, 3.8) is 0 Å². The minimum absolute atomic E-state index is 0.00536. The molecule has 1 aromatic rings. The SMILES string of the molecule is CCN(CC)C(C(=O)N[C@@H](C)C(=O)OCN1C(=O)CC[C@H](N2C(=O)c3ccccc3C2=O)C1=O)C(C)C. The third-order valence-electron chi connectivity index (χ3n) is 6.78. The summed E-state index contributed by atoms with van der Waals surface area (Å²) in [6, 6.07) is 3.62. The van der Waals surface area contributed by atoms with Crippen molar-refractivity contribution in [1.82, 2.24) is 20.0 Å². The molecule has 1 unspecified atom stereocenters. The zero-order valence-corrected chi connectivity index (χ0v) is 21.9. The molecule has 0 bridgehead atoms. The molecule has 37 heavy (non-hydrogen) atoms. The van der Waals surface area contributed by atoms with E-state index in [2.05, 4.69) is 5.32 Å². The number of esters is 1. The van der Waals surface area contributed by atoms with Gasteiger partial charge in [0, 0.05) is 6.42 Å². The van der Waals surface area contributed by atoms with Gasteiger partial charge in [0.05, 0.1) is 17.2 Å². The van der Waals surface area contributed by atoms with Crippen LogP contribution in [-0.2, 0) is 23.9 Å². The number of likely N-dealkylation sites (N-methyl/N-ethyl adjacent to an activating group) is 1. The van der Waals surface area contributed by atoms with Gasteiger partial charge in [0.2, 0.25) is 11.8 Å². The van der Waals surface area contributed by atoms with Crippen molar-refractivity contribution < 1.29 is 33.5 Å². The first kappa shape index (κ1) is 28.0. The minimum atomic E-state index is -1.18. The number of carbonyl (C=O) groups is 6. The van der Waals surface area contributed by atoms with Gasteiger partial charge in [-0.3, -0.25) is 33.8 Å². The molecule has 0 saturated carbocycles. The quantitative estimate of drug-likeness (QED) is 0.363. The Hall–Kier alpha value is -3.60. The zero-order chi connectivity index (χ0) is 27.4. The normalized spacial score (nSPS) is 19.4. The van der Waals surface area contributed by atoms with E-state index >= 15 is 0 Å². The Morgan fingerprint density at radius 3 is 2.11 bits per heavy atom. The fourth-order valence-corrected chi connectivity index (χ4v) is 4.81. The van der Waals surface area contributed by atoms with Crippen LogP contribution in [0.4, 0.5) is 0 Å². The van der Waals surface area contributed by atoms with Gasteiger partial charge in [-0.05, 0) is 44.5 Å². The molecular formula is C26H34N4O7. The number of piperidine rings is 1. The standard InChI is InChI=1S/C26H34N4O7/c1-6-28(7-2)21(15(3)4)22(32)27-16(5)26(36)37-14-29-20(31)13-12-19(25(29)35)30-23(33)17-10-8-9-11-18(17)24(30)34/h8-11,15-16,19,21H,6-7,12-14H2,1-5H3,(H,27,32)/t16-,19-,21?/m0/s1. The molecule has 1 aromatic carbocycles. The first-order valence-corrected chi connectivity index (χ1v) is 12.6. The van der Waals surface area contributed by atoms with Crippen LogP contribution in [0, 0.1) is 5.92 Å². The molecule has 5 amide bonds.